The minimum absolute atomic E-state index is 0.00282. The maximum atomic E-state index is 14.3. The van der Waals surface area contributed by atoms with Gasteiger partial charge in [-0.2, -0.15) is 0 Å². The first kappa shape index (κ1) is 29.4. The molecule has 0 atom stereocenters. The molecule has 0 aliphatic carbocycles. The van der Waals surface area contributed by atoms with E-state index in [2.05, 4.69) is 27.3 Å². The van der Waals surface area contributed by atoms with Crippen LogP contribution in [0.3, 0.4) is 0 Å². The average molecular weight is 632 g/mol. The van der Waals surface area contributed by atoms with Crippen LogP contribution in [0.5, 0.6) is 5.75 Å². The van der Waals surface area contributed by atoms with Crippen molar-refractivity contribution >= 4 is 29.4 Å². The number of carbonyl (C=O) groups is 2. The van der Waals surface area contributed by atoms with Gasteiger partial charge in [-0.05, 0) is 47.0 Å². The number of ether oxygens (including phenoxy) is 3. The van der Waals surface area contributed by atoms with Gasteiger partial charge >= 0.3 is 6.03 Å². The first-order valence-electron chi connectivity index (χ1n) is 14.7. The van der Waals surface area contributed by atoms with Crippen molar-refractivity contribution in [2.24, 2.45) is 7.05 Å². The Morgan fingerprint density at radius 2 is 1.89 bits per heavy atom. The third-order valence-electron chi connectivity index (χ3n) is 8.38. The van der Waals surface area contributed by atoms with Crippen LogP contribution in [0.15, 0.2) is 60.8 Å². The summed E-state index contributed by atoms with van der Waals surface area (Å²) < 4.78 is 33.8. The lowest BCUT2D eigenvalue weighted by atomic mass is 10.1. The highest BCUT2D eigenvalue weighted by Gasteiger charge is 2.29. The summed E-state index contributed by atoms with van der Waals surface area (Å²) >= 11 is 6.19. The number of aromatic nitrogens is 2. The standard InChI is InChI=1S/C33H31ClFN5O5/c1-38-30(40-10-9-29(41)37-33(40)42)15-36-31(38)20-5-6-21-16-39(18-23(21)13-20)17-22-7-8-24(14-25(22)32-43-11-12-44-32)45-19-26-27(34)3-2-4-28(26)35/h2-8,13-15,32H,9-12,16-19H2,1H3,(H,37,41,42). The quantitative estimate of drug-likeness (QED) is 0.276. The summed E-state index contributed by atoms with van der Waals surface area (Å²) in [4.78, 5) is 32.5. The van der Waals surface area contributed by atoms with E-state index >= 15 is 0 Å². The smallest absolute Gasteiger partial charge is 0.329 e. The van der Waals surface area contributed by atoms with Gasteiger partial charge in [-0.15, -0.1) is 0 Å². The Balaban J connectivity index is 1.07. The van der Waals surface area contributed by atoms with E-state index in [1.165, 1.54) is 22.1 Å². The molecule has 2 saturated heterocycles. The van der Waals surface area contributed by atoms with E-state index < -0.39 is 18.1 Å². The number of nitrogens with one attached hydrogen (secondary N) is 1. The maximum Gasteiger partial charge on any atom is 0.329 e. The fraction of sp³-hybridized carbons (Fsp3) is 0.303. The zero-order valence-corrected chi connectivity index (χ0v) is 25.3. The van der Waals surface area contributed by atoms with E-state index in [4.69, 9.17) is 25.8 Å². The number of halogens is 2. The first-order valence-corrected chi connectivity index (χ1v) is 15.1. The van der Waals surface area contributed by atoms with E-state index in [9.17, 15) is 14.0 Å². The van der Waals surface area contributed by atoms with Crippen molar-refractivity contribution in [2.45, 2.75) is 39.0 Å². The SMILES string of the molecule is Cn1c(N2CCC(=O)NC2=O)cnc1-c1ccc2c(c1)CN(Cc1ccc(OCc3c(F)cccc3Cl)cc1C1OCCO1)C2. The predicted octanol–water partition coefficient (Wildman–Crippen LogP) is 5.47. The number of hydrogen-bond acceptors (Lipinski definition) is 7. The van der Waals surface area contributed by atoms with Gasteiger partial charge in [-0.25, -0.2) is 14.2 Å². The van der Waals surface area contributed by atoms with Crippen LogP contribution in [0, 0.1) is 5.82 Å². The van der Waals surface area contributed by atoms with Crippen molar-refractivity contribution in [3.8, 4) is 17.1 Å². The molecule has 0 spiro atoms. The lowest BCUT2D eigenvalue weighted by Gasteiger charge is -2.26. The molecule has 3 aliphatic rings. The molecule has 1 N–H and O–H groups in total. The van der Waals surface area contributed by atoms with Crippen LogP contribution in [0.1, 0.15) is 40.5 Å². The number of amides is 3. The highest BCUT2D eigenvalue weighted by atomic mass is 35.5. The number of rotatable bonds is 8. The fourth-order valence-electron chi connectivity index (χ4n) is 6.05. The molecule has 3 aromatic carbocycles. The topological polar surface area (TPSA) is 98.2 Å². The van der Waals surface area contributed by atoms with Gasteiger partial charge in [0.2, 0.25) is 5.91 Å². The van der Waals surface area contributed by atoms with Crippen molar-refractivity contribution in [1.82, 2.24) is 19.8 Å². The normalized spacial score (nSPS) is 17.2. The number of nitrogens with zero attached hydrogens (tertiary/aromatic N) is 4. The van der Waals surface area contributed by atoms with E-state index in [1.807, 2.05) is 35.9 Å². The second-order valence-electron chi connectivity index (χ2n) is 11.3. The molecule has 10 nitrogen and oxygen atoms in total. The molecule has 3 amide bonds. The molecule has 12 heteroatoms. The number of carbonyl (C=O) groups excluding carboxylic acids is 2. The number of fused-ring (bicyclic) bond motifs is 1. The molecule has 4 aromatic rings. The minimum Gasteiger partial charge on any atom is -0.489 e. The molecule has 2 fully saturated rings. The number of anilines is 1. The second-order valence-corrected chi connectivity index (χ2v) is 11.7. The summed E-state index contributed by atoms with van der Waals surface area (Å²) in [7, 11) is 1.87. The first-order chi connectivity index (χ1) is 21.8. The van der Waals surface area contributed by atoms with Gasteiger partial charge in [0.25, 0.3) is 0 Å². The van der Waals surface area contributed by atoms with E-state index in [1.54, 1.807) is 18.3 Å². The number of imidazole rings is 1. The molecule has 0 radical (unpaired) electrons. The van der Waals surface area contributed by atoms with Crippen molar-refractivity contribution < 1.29 is 28.2 Å². The molecule has 1 aromatic heterocycles. The molecule has 4 heterocycles. The van der Waals surface area contributed by atoms with Crippen LogP contribution >= 0.6 is 11.6 Å². The maximum absolute atomic E-state index is 14.3. The summed E-state index contributed by atoms with van der Waals surface area (Å²) in [6, 6.07) is 16.2. The summed E-state index contributed by atoms with van der Waals surface area (Å²) in [5, 5.41) is 2.69. The number of benzene rings is 3. The van der Waals surface area contributed by atoms with Crippen molar-refractivity contribution in [2.75, 3.05) is 24.7 Å². The molecule has 45 heavy (non-hydrogen) atoms. The Bertz CT molecular complexity index is 1770. The van der Waals surface area contributed by atoms with E-state index in [0.717, 1.165) is 35.6 Å². The van der Waals surface area contributed by atoms with Crippen LogP contribution in [0.25, 0.3) is 11.4 Å². The van der Waals surface area contributed by atoms with Crippen LogP contribution < -0.4 is 15.0 Å². The summed E-state index contributed by atoms with van der Waals surface area (Å²) in [6.07, 6.45) is 1.41. The van der Waals surface area contributed by atoms with Gasteiger partial charge < -0.3 is 18.8 Å². The van der Waals surface area contributed by atoms with Gasteiger partial charge in [0.1, 0.15) is 29.8 Å². The zero-order valence-electron chi connectivity index (χ0n) is 24.6. The average Bonchev–Trinajstić information content (AvgIpc) is 3.78. The molecular formula is C33H31ClFN5O5. The van der Waals surface area contributed by atoms with Crippen LogP contribution in [-0.2, 0) is 47.6 Å². The molecule has 7 rings (SSSR count). The lowest BCUT2D eigenvalue weighted by Crippen LogP contribution is -2.50. The molecule has 0 saturated carbocycles. The Kier molecular flexibility index (Phi) is 8.01. The van der Waals surface area contributed by atoms with Crippen molar-refractivity contribution in [3.63, 3.8) is 0 Å². The van der Waals surface area contributed by atoms with E-state index in [-0.39, 0.29) is 18.9 Å². The highest BCUT2D eigenvalue weighted by Crippen LogP contribution is 2.35. The fourth-order valence-corrected chi connectivity index (χ4v) is 6.27. The number of hydrogen-bond donors (Lipinski definition) is 1. The second kappa shape index (κ2) is 12.2. The van der Waals surface area contributed by atoms with Crippen molar-refractivity contribution in [3.05, 3.63) is 99.5 Å². The molecular weight excluding hydrogens is 601 g/mol. The van der Waals surface area contributed by atoms with Gasteiger partial charge in [0, 0.05) is 56.3 Å². The third kappa shape index (κ3) is 5.91. The monoisotopic (exact) mass is 631 g/mol. The Morgan fingerprint density at radius 1 is 1.07 bits per heavy atom. The van der Waals surface area contributed by atoms with Gasteiger partial charge in [-0.3, -0.25) is 19.9 Å². The van der Waals surface area contributed by atoms with Crippen LogP contribution in [0.4, 0.5) is 15.0 Å². The van der Waals surface area contributed by atoms with Crippen LogP contribution in [0.2, 0.25) is 5.02 Å². The summed E-state index contributed by atoms with van der Waals surface area (Å²) in [5.41, 5.74) is 5.63. The number of urea groups is 1. The molecule has 0 unspecified atom stereocenters. The van der Waals surface area contributed by atoms with Crippen molar-refractivity contribution in [1.29, 1.82) is 0 Å². The lowest BCUT2D eigenvalue weighted by molar-refractivity contribution is -0.120. The predicted molar refractivity (Wildman–Crippen MR) is 164 cm³/mol. The Hall–Kier alpha value is -4.29. The zero-order chi connectivity index (χ0) is 31.1. The van der Waals surface area contributed by atoms with Gasteiger partial charge in [0.05, 0.1) is 24.4 Å². The molecule has 3 aliphatic heterocycles. The summed E-state index contributed by atoms with van der Waals surface area (Å²) in [5.74, 6) is 1.26. The highest BCUT2D eigenvalue weighted by molar-refractivity contribution is 6.31. The Morgan fingerprint density at radius 3 is 2.69 bits per heavy atom. The molecule has 0 bridgehead atoms. The Labute approximate surface area is 264 Å². The largest absolute Gasteiger partial charge is 0.489 e. The summed E-state index contributed by atoms with van der Waals surface area (Å²) in [6.45, 7) is 3.52. The van der Waals surface area contributed by atoms with E-state index in [0.29, 0.717) is 48.5 Å². The van der Waals surface area contributed by atoms with Crippen LogP contribution in [-0.4, -0.2) is 46.1 Å². The third-order valence-corrected chi connectivity index (χ3v) is 8.73. The minimum atomic E-state index is -0.505. The van der Waals surface area contributed by atoms with Gasteiger partial charge in [-0.1, -0.05) is 35.9 Å². The van der Waals surface area contributed by atoms with Gasteiger partial charge in [0.15, 0.2) is 6.29 Å². The number of imide groups is 1. The molecule has 232 valence electrons.